The second-order valence-corrected chi connectivity index (χ2v) is 7.24. The fraction of sp³-hybridized carbons (Fsp3) is 0.364. The van der Waals surface area contributed by atoms with Gasteiger partial charge in [0.1, 0.15) is 5.75 Å². The van der Waals surface area contributed by atoms with Crippen molar-refractivity contribution in [2.75, 3.05) is 30.4 Å². The third-order valence-electron chi connectivity index (χ3n) is 4.72. The van der Waals surface area contributed by atoms with E-state index in [0.29, 0.717) is 22.6 Å². The van der Waals surface area contributed by atoms with Crippen molar-refractivity contribution >= 4 is 23.2 Å². The van der Waals surface area contributed by atoms with Crippen LogP contribution >= 0.6 is 0 Å². The van der Waals surface area contributed by atoms with Gasteiger partial charge in [0.15, 0.2) is 0 Å². The lowest BCUT2D eigenvalue weighted by atomic mass is 10.1. The molecule has 0 atom stereocenters. The summed E-state index contributed by atoms with van der Waals surface area (Å²) in [6.07, 6.45) is 2.25. The number of nitrogens with zero attached hydrogens (tertiary/aromatic N) is 1. The van der Waals surface area contributed by atoms with Gasteiger partial charge >= 0.3 is 0 Å². The number of methoxy groups -OCH3 is 1. The largest absolute Gasteiger partial charge is 0.497 e. The van der Waals surface area contributed by atoms with Gasteiger partial charge < -0.3 is 20.3 Å². The molecule has 2 N–H and O–H groups in total. The number of ether oxygens (including phenoxy) is 1. The van der Waals surface area contributed by atoms with Gasteiger partial charge in [0, 0.05) is 36.1 Å². The number of anilines is 2. The van der Waals surface area contributed by atoms with E-state index >= 15 is 0 Å². The Labute approximate surface area is 165 Å². The average molecular weight is 381 g/mol. The van der Waals surface area contributed by atoms with E-state index in [1.165, 1.54) is 0 Å². The van der Waals surface area contributed by atoms with E-state index in [9.17, 15) is 9.59 Å². The second-order valence-electron chi connectivity index (χ2n) is 7.24. The molecule has 0 aliphatic carbocycles. The summed E-state index contributed by atoms with van der Waals surface area (Å²) in [5.74, 6) is 0.336. The van der Waals surface area contributed by atoms with Gasteiger partial charge in [0.25, 0.3) is 11.8 Å². The Hall–Kier alpha value is -3.02. The highest BCUT2D eigenvalue weighted by Gasteiger charge is 2.21. The number of rotatable bonds is 6. The van der Waals surface area contributed by atoms with Crippen LogP contribution in [-0.4, -0.2) is 38.1 Å². The van der Waals surface area contributed by atoms with Gasteiger partial charge in [0.05, 0.1) is 12.7 Å². The summed E-state index contributed by atoms with van der Waals surface area (Å²) in [6, 6.07) is 12.5. The first-order chi connectivity index (χ1) is 13.5. The monoisotopic (exact) mass is 381 g/mol. The molecule has 1 aliphatic rings. The number of nitrogens with one attached hydrogen (secondary N) is 2. The second kappa shape index (κ2) is 8.78. The molecule has 1 aliphatic heterocycles. The molecule has 0 unspecified atom stereocenters. The van der Waals surface area contributed by atoms with Crippen LogP contribution in [0.4, 0.5) is 11.4 Å². The minimum atomic E-state index is -0.230. The highest BCUT2D eigenvalue weighted by Crippen LogP contribution is 2.28. The molecular weight excluding hydrogens is 354 g/mol. The Bertz CT molecular complexity index is 841. The summed E-state index contributed by atoms with van der Waals surface area (Å²) >= 11 is 0. The van der Waals surface area contributed by atoms with Crippen LogP contribution in [0.3, 0.4) is 0 Å². The predicted octanol–water partition coefficient (Wildman–Crippen LogP) is 3.69. The normalized spacial score (nSPS) is 13.5. The molecule has 2 amide bonds. The maximum absolute atomic E-state index is 12.7. The van der Waals surface area contributed by atoms with Crippen LogP contribution in [-0.2, 0) is 0 Å². The van der Waals surface area contributed by atoms with Gasteiger partial charge in [-0.3, -0.25) is 9.59 Å². The first-order valence-corrected chi connectivity index (χ1v) is 9.63. The van der Waals surface area contributed by atoms with Crippen molar-refractivity contribution in [3.8, 4) is 5.75 Å². The number of benzene rings is 2. The molecule has 1 fully saturated rings. The lowest BCUT2D eigenvalue weighted by molar-refractivity contribution is 0.0942. The summed E-state index contributed by atoms with van der Waals surface area (Å²) in [5.41, 5.74) is 2.62. The minimum Gasteiger partial charge on any atom is -0.497 e. The third-order valence-corrected chi connectivity index (χ3v) is 4.72. The van der Waals surface area contributed by atoms with E-state index in [2.05, 4.69) is 15.5 Å². The Kier molecular flexibility index (Phi) is 6.19. The molecule has 3 rings (SSSR count). The van der Waals surface area contributed by atoms with Crippen LogP contribution in [0.2, 0.25) is 0 Å². The third kappa shape index (κ3) is 4.63. The van der Waals surface area contributed by atoms with Gasteiger partial charge in [-0.05, 0) is 69.2 Å². The molecule has 0 saturated carbocycles. The van der Waals surface area contributed by atoms with E-state index in [1.54, 1.807) is 37.4 Å². The van der Waals surface area contributed by atoms with Crippen LogP contribution in [0.25, 0.3) is 0 Å². The van der Waals surface area contributed by atoms with Crippen LogP contribution in [0.5, 0.6) is 5.75 Å². The summed E-state index contributed by atoms with van der Waals surface area (Å²) in [7, 11) is 1.58. The van der Waals surface area contributed by atoms with Crippen LogP contribution in [0, 0.1) is 0 Å². The Balaban J connectivity index is 1.84. The molecule has 1 heterocycles. The quantitative estimate of drug-likeness (QED) is 0.801. The number of hydrogen-bond donors (Lipinski definition) is 2. The molecule has 6 heteroatoms. The van der Waals surface area contributed by atoms with Crippen molar-refractivity contribution in [1.82, 2.24) is 5.32 Å². The van der Waals surface area contributed by atoms with Gasteiger partial charge in [-0.25, -0.2) is 0 Å². The lowest BCUT2D eigenvalue weighted by Gasteiger charge is -2.22. The molecule has 0 radical (unpaired) electrons. The van der Waals surface area contributed by atoms with Crippen molar-refractivity contribution in [3.63, 3.8) is 0 Å². The first-order valence-electron chi connectivity index (χ1n) is 9.63. The van der Waals surface area contributed by atoms with E-state index < -0.39 is 0 Å². The predicted molar refractivity (Wildman–Crippen MR) is 111 cm³/mol. The standard InChI is InChI=1S/C22H27N3O3/c1-15(2)23-22(27)19-14-17(8-11-20(19)25-12-4-5-13-25)24-21(26)16-6-9-18(28-3)10-7-16/h6-11,14-15H,4-5,12-13H2,1-3H3,(H,23,27)(H,24,26). The smallest absolute Gasteiger partial charge is 0.255 e. The van der Waals surface area contributed by atoms with Crippen molar-refractivity contribution in [2.24, 2.45) is 0 Å². The number of carbonyl (C=O) groups is 2. The Morgan fingerprint density at radius 1 is 1.00 bits per heavy atom. The zero-order valence-electron chi connectivity index (χ0n) is 16.6. The van der Waals surface area contributed by atoms with Gasteiger partial charge in [-0.2, -0.15) is 0 Å². The van der Waals surface area contributed by atoms with E-state index in [1.807, 2.05) is 26.0 Å². The van der Waals surface area contributed by atoms with E-state index in [-0.39, 0.29) is 17.9 Å². The van der Waals surface area contributed by atoms with Gasteiger partial charge in [-0.15, -0.1) is 0 Å². The SMILES string of the molecule is COc1ccc(C(=O)Nc2ccc(N3CCCC3)c(C(=O)NC(C)C)c2)cc1. The molecule has 28 heavy (non-hydrogen) atoms. The van der Waals surface area contributed by atoms with Gasteiger partial charge in [-0.1, -0.05) is 0 Å². The topological polar surface area (TPSA) is 70.7 Å². The zero-order chi connectivity index (χ0) is 20.1. The summed E-state index contributed by atoms with van der Waals surface area (Å²) < 4.78 is 5.12. The molecule has 2 aromatic rings. The van der Waals surface area contributed by atoms with E-state index in [0.717, 1.165) is 31.6 Å². The molecule has 0 bridgehead atoms. The van der Waals surface area contributed by atoms with E-state index in [4.69, 9.17) is 4.74 Å². The van der Waals surface area contributed by atoms with Crippen LogP contribution < -0.4 is 20.3 Å². The average Bonchev–Trinajstić information content (AvgIpc) is 3.22. The van der Waals surface area contributed by atoms with Crippen LogP contribution in [0.1, 0.15) is 47.4 Å². The summed E-state index contributed by atoms with van der Waals surface area (Å²) in [5, 5.41) is 5.84. The molecule has 148 valence electrons. The van der Waals surface area contributed by atoms with Crippen molar-refractivity contribution < 1.29 is 14.3 Å². The molecule has 0 aromatic heterocycles. The lowest BCUT2D eigenvalue weighted by Crippen LogP contribution is -2.32. The number of carbonyl (C=O) groups excluding carboxylic acids is 2. The van der Waals surface area contributed by atoms with Crippen LogP contribution in [0.15, 0.2) is 42.5 Å². The fourth-order valence-corrected chi connectivity index (χ4v) is 3.32. The van der Waals surface area contributed by atoms with Crippen molar-refractivity contribution in [3.05, 3.63) is 53.6 Å². The Morgan fingerprint density at radius 3 is 2.29 bits per heavy atom. The zero-order valence-corrected chi connectivity index (χ0v) is 16.6. The highest BCUT2D eigenvalue weighted by molar-refractivity contribution is 6.06. The number of hydrogen-bond acceptors (Lipinski definition) is 4. The Morgan fingerprint density at radius 2 is 1.68 bits per heavy atom. The number of amides is 2. The van der Waals surface area contributed by atoms with Crippen molar-refractivity contribution in [2.45, 2.75) is 32.7 Å². The van der Waals surface area contributed by atoms with Gasteiger partial charge in [0.2, 0.25) is 0 Å². The molecular formula is C22H27N3O3. The maximum Gasteiger partial charge on any atom is 0.255 e. The highest BCUT2D eigenvalue weighted by atomic mass is 16.5. The van der Waals surface area contributed by atoms with Crippen molar-refractivity contribution in [1.29, 1.82) is 0 Å². The molecule has 1 saturated heterocycles. The molecule has 0 spiro atoms. The first kappa shape index (κ1) is 19.7. The fourth-order valence-electron chi connectivity index (χ4n) is 3.32. The summed E-state index contributed by atoms with van der Waals surface area (Å²) in [4.78, 5) is 27.5. The molecule has 6 nitrogen and oxygen atoms in total. The minimum absolute atomic E-state index is 0.0384. The summed E-state index contributed by atoms with van der Waals surface area (Å²) in [6.45, 7) is 5.75. The maximum atomic E-state index is 12.7. The molecule has 2 aromatic carbocycles.